The average Bonchev–Trinajstić information content (AvgIpc) is 3.21. The van der Waals surface area contributed by atoms with E-state index in [0.717, 1.165) is 43.6 Å². The molecule has 4 aromatic rings. The number of carbonyl (C=O) groups is 1. The second-order valence-electron chi connectivity index (χ2n) is 9.31. The topological polar surface area (TPSA) is 37.3 Å². The quantitative estimate of drug-likeness (QED) is 0.345. The highest BCUT2D eigenvalue weighted by atomic mass is 35.5. The Balaban J connectivity index is 1.22. The fourth-order valence-corrected chi connectivity index (χ4v) is 5.13. The van der Waals surface area contributed by atoms with E-state index in [1.807, 2.05) is 36.4 Å². The van der Waals surface area contributed by atoms with Crippen molar-refractivity contribution >= 4 is 28.4 Å². The van der Waals surface area contributed by atoms with E-state index >= 15 is 0 Å². The number of likely N-dealkylation sites (tertiary alicyclic amines) is 1. The van der Waals surface area contributed by atoms with Crippen molar-refractivity contribution in [1.29, 1.82) is 0 Å². The van der Waals surface area contributed by atoms with E-state index in [2.05, 4.69) is 45.1 Å². The van der Waals surface area contributed by atoms with Crippen molar-refractivity contribution in [3.63, 3.8) is 0 Å². The third-order valence-electron chi connectivity index (χ3n) is 6.85. The van der Waals surface area contributed by atoms with E-state index in [-0.39, 0.29) is 17.6 Å². The Morgan fingerprint density at radius 2 is 1.69 bits per heavy atom. The molecule has 1 fully saturated rings. The normalized spacial score (nSPS) is 14.9. The molecule has 0 unspecified atom stereocenters. The highest BCUT2D eigenvalue weighted by molar-refractivity contribution is 6.30. The molecule has 180 valence electrons. The molecule has 1 saturated heterocycles. The van der Waals surface area contributed by atoms with Crippen LogP contribution in [-0.4, -0.2) is 28.5 Å². The first-order chi connectivity index (χ1) is 17.0. The van der Waals surface area contributed by atoms with Crippen LogP contribution in [0.25, 0.3) is 10.9 Å². The van der Waals surface area contributed by atoms with E-state index in [1.165, 1.54) is 28.7 Å². The molecule has 35 heavy (non-hydrogen) atoms. The molecule has 3 aromatic carbocycles. The van der Waals surface area contributed by atoms with Gasteiger partial charge in [0.15, 0.2) is 0 Å². The Morgan fingerprint density at radius 1 is 0.914 bits per heavy atom. The van der Waals surface area contributed by atoms with Gasteiger partial charge in [0.2, 0.25) is 5.91 Å². The molecular weight excluding hydrogens is 461 g/mol. The first-order valence-electron chi connectivity index (χ1n) is 12.1. The Bertz CT molecular complexity index is 1310. The highest BCUT2D eigenvalue weighted by Crippen LogP contribution is 2.25. The van der Waals surface area contributed by atoms with Gasteiger partial charge in [-0.05, 0) is 78.8 Å². The minimum Gasteiger partial charge on any atom is -0.352 e. The third-order valence-corrected chi connectivity index (χ3v) is 7.09. The largest absolute Gasteiger partial charge is 0.352 e. The monoisotopic (exact) mass is 489 g/mol. The predicted molar refractivity (Wildman–Crippen MR) is 139 cm³/mol. The number of nitrogens with zero attached hydrogens (tertiary/aromatic N) is 2. The van der Waals surface area contributed by atoms with Crippen LogP contribution < -0.4 is 5.32 Å². The number of carbonyl (C=O) groups excluding carboxylic acids is 1. The molecule has 0 saturated carbocycles. The molecule has 0 atom stereocenters. The molecule has 1 N–H and O–H groups in total. The van der Waals surface area contributed by atoms with Gasteiger partial charge < -0.3 is 9.88 Å². The third kappa shape index (κ3) is 5.75. The summed E-state index contributed by atoms with van der Waals surface area (Å²) in [6.07, 6.45) is 1.69. The fraction of sp³-hybridized carbons (Fsp3) is 0.276. The van der Waals surface area contributed by atoms with Crippen molar-refractivity contribution in [2.75, 3.05) is 13.1 Å². The molecule has 1 aliphatic rings. The maximum atomic E-state index is 13.4. The fourth-order valence-electron chi connectivity index (χ4n) is 4.92. The van der Waals surface area contributed by atoms with Crippen LogP contribution in [0.3, 0.4) is 0 Å². The van der Waals surface area contributed by atoms with Crippen LogP contribution in [0.4, 0.5) is 4.39 Å². The number of para-hydroxylation sites is 1. The number of hydrogen-bond donors (Lipinski definition) is 1. The van der Waals surface area contributed by atoms with E-state index < -0.39 is 0 Å². The summed E-state index contributed by atoms with van der Waals surface area (Å²) in [6, 6.07) is 25.0. The van der Waals surface area contributed by atoms with Crippen LogP contribution in [0.2, 0.25) is 5.02 Å². The van der Waals surface area contributed by atoms with Crippen molar-refractivity contribution in [2.24, 2.45) is 5.92 Å². The van der Waals surface area contributed by atoms with E-state index in [9.17, 15) is 9.18 Å². The molecule has 1 aliphatic heterocycles. The Hall–Kier alpha value is -3.15. The second-order valence-corrected chi connectivity index (χ2v) is 9.74. The van der Waals surface area contributed by atoms with Gasteiger partial charge in [0.05, 0.1) is 0 Å². The number of amides is 1. The van der Waals surface area contributed by atoms with Crippen LogP contribution in [-0.2, 0) is 24.4 Å². The van der Waals surface area contributed by atoms with Gasteiger partial charge in [-0.1, -0.05) is 54.1 Å². The van der Waals surface area contributed by atoms with Crippen LogP contribution in [0.1, 0.15) is 29.7 Å². The number of rotatable bonds is 7. The van der Waals surface area contributed by atoms with Crippen molar-refractivity contribution in [3.8, 4) is 0 Å². The number of halogens is 2. The summed E-state index contributed by atoms with van der Waals surface area (Å²) < 4.78 is 15.7. The number of hydrogen-bond acceptors (Lipinski definition) is 2. The summed E-state index contributed by atoms with van der Waals surface area (Å²) in [5.74, 6) is -0.0589. The summed E-state index contributed by atoms with van der Waals surface area (Å²) in [5, 5.41) is 4.96. The van der Waals surface area contributed by atoms with Gasteiger partial charge in [0.1, 0.15) is 5.82 Å². The van der Waals surface area contributed by atoms with Crippen LogP contribution in [0, 0.1) is 11.7 Å². The molecule has 0 radical (unpaired) electrons. The van der Waals surface area contributed by atoms with Gasteiger partial charge in [-0.2, -0.15) is 0 Å². The molecule has 0 spiro atoms. The molecule has 6 heteroatoms. The lowest BCUT2D eigenvalue weighted by atomic mass is 9.95. The van der Waals surface area contributed by atoms with Gasteiger partial charge in [-0.3, -0.25) is 9.69 Å². The lowest BCUT2D eigenvalue weighted by Gasteiger charge is -2.31. The van der Waals surface area contributed by atoms with Crippen LogP contribution in [0.15, 0.2) is 78.9 Å². The first-order valence-corrected chi connectivity index (χ1v) is 12.5. The van der Waals surface area contributed by atoms with Gasteiger partial charge in [-0.15, -0.1) is 0 Å². The number of benzene rings is 3. The van der Waals surface area contributed by atoms with Crippen molar-refractivity contribution < 1.29 is 9.18 Å². The van der Waals surface area contributed by atoms with Crippen molar-refractivity contribution in [1.82, 2.24) is 14.8 Å². The second kappa shape index (κ2) is 10.6. The maximum Gasteiger partial charge on any atom is 0.223 e. The number of fused-ring (bicyclic) bond motifs is 1. The summed E-state index contributed by atoms with van der Waals surface area (Å²) in [4.78, 5) is 15.2. The molecule has 0 aliphatic carbocycles. The van der Waals surface area contributed by atoms with E-state index in [4.69, 9.17) is 11.6 Å². The summed E-state index contributed by atoms with van der Waals surface area (Å²) >= 11 is 6.04. The zero-order chi connectivity index (χ0) is 24.2. The lowest BCUT2D eigenvalue weighted by molar-refractivity contribution is -0.126. The maximum absolute atomic E-state index is 13.4. The van der Waals surface area contributed by atoms with Crippen molar-refractivity contribution in [3.05, 3.63) is 107 Å². The van der Waals surface area contributed by atoms with Gasteiger partial charge in [-0.25, -0.2) is 4.39 Å². The van der Waals surface area contributed by atoms with Crippen LogP contribution >= 0.6 is 11.6 Å². The Morgan fingerprint density at radius 3 is 2.46 bits per heavy atom. The highest BCUT2D eigenvalue weighted by Gasteiger charge is 2.25. The zero-order valence-corrected chi connectivity index (χ0v) is 20.3. The number of piperidine rings is 1. The zero-order valence-electron chi connectivity index (χ0n) is 19.6. The van der Waals surface area contributed by atoms with Gasteiger partial charge in [0, 0.05) is 41.8 Å². The van der Waals surface area contributed by atoms with Crippen LogP contribution in [0.5, 0.6) is 0 Å². The molecule has 2 heterocycles. The molecule has 4 nitrogen and oxygen atoms in total. The summed E-state index contributed by atoms with van der Waals surface area (Å²) in [7, 11) is 0. The van der Waals surface area contributed by atoms with Gasteiger partial charge >= 0.3 is 0 Å². The molecule has 1 aromatic heterocycles. The molecular formula is C29H29ClFN3O. The molecule has 0 bridgehead atoms. The summed E-state index contributed by atoms with van der Waals surface area (Å²) in [6.45, 7) is 3.79. The summed E-state index contributed by atoms with van der Waals surface area (Å²) in [5.41, 5.74) is 4.50. The van der Waals surface area contributed by atoms with Crippen molar-refractivity contribution in [2.45, 2.75) is 32.5 Å². The number of nitrogens with one attached hydrogen (secondary N) is 1. The van der Waals surface area contributed by atoms with Gasteiger partial charge in [0.25, 0.3) is 0 Å². The average molecular weight is 490 g/mol. The van der Waals surface area contributed by atoms with E-state index in [0.29, 0.717) is 18.1 Å². The standard InChI is InChI=1S/C29H29ClFN3O/c30-25-6-3-4-22(16-25)18-32-29(35)23-12-14-33(15-13-23)20-27-17-24-5-1-2-7-28(24)34(27)19-21-8-10-26(31)11-9-21/h1-11,16-17,23H,12-15,18-20H2,(H,32,35). The smallest absolute Gasteiger partial charge is 0.223 e. The minimum atomic E-state index is -0.217. The van der Waals surface area contributed by atoms with E-state index in [1.54, 1.807) is 0 Å². The Kier molecular flexibility index (Phi) is 7.16. The molecule has 1 amide bonds. The SMILES string of the molecule is O=C(NCc1cccc(Cl)c1)C1CCN(Cc2cc3ccccc3n2Cc2ccc(F)cc2)CC1. The lowest BCUT2D eigenvalue weighted by Crippen LogP contribution is -2.40. The predicted octanol–water partition coefficient (Wildman–Crippen LogP) is 6.01. The molecule has 5 rings (SSSR count). The number of aromatic nitrogens is 1. The first kappa shape index (κ1) is 23.6. The Labute approximate surface area is 210 Å². The minimum absolute atomic E-state index is 0.0375.